The number of thioether (sulfide) groups is 1. The summed E-state index contributed by atoms with van der Waals surface area (Å²) in [6.07, 6.45) is 2.35. The van der Waals surface area contributed by atoms with Gasteiger partial charge >= 0.3 is 0 Å². The number of amidine groups is 1. The molecular weight excluding hydrogens is 238 g/mol. The van der Waals surface area contributed by atoms with E-state index in [2.05, 4.69) is 15.5 Å². The van der Waals surface area contributed by atoms with Crippen LogP contribution in [0, 0.1) is 0 Å². The van der Waals surface area contributed by atoms with Gasteiger partial charge in [0.2, 0.25) is 5.91 Å². The molecule has 0 aliphatic carbocycles. The molecule has 6 heteroatoms. The van der Waals surface area contributed by atoms with Crippen molar-refractivity contribution in [3.63, 3.8) is 0 Å². The van der Waals surface area contributed by atoms with Crippen molar-refractivity contribution in [1.29, 1.82) is 0 Å². The van der Waals surface area contributed by atoms with E-state index in [0.29, 0.717) is 16.5 Å². The van der Waals surface area contributed by atoms with Crippen LogP contribution in [0.5, 0.6) is 0 Å². The molecule has 0 saturated carbocycles. The Morgan fingerprint density at radius 2 is 1.94 bits per heavy atom. The molecule has 1 aliphatic heterocycles. The maximum Gasteiger partial charge on any atom is 0.236 e. The van der Waals surface area contributed by atoms with Gasteiger partial charge in [-0.2, -0.15) is 5.10 Å². The van der Waals surface area contributed by atoms with Crippen molar-refractivity contribution in [2.24, 2.45) is 10.2 Å². The van der Waals surface area contributed by atoms with Crippen LogP contribution in [0.25, 0.3) is 0 Å². The molecule has 0 unspecified atom stereocenters. The summed E-state index contributed by atoms with van der Waals surface area (Å²) in [5.74, 6) is 0.335. The summed E-state index contributed by atoms with van der Waals surface area (Å²) in [5.41, 5.74) is 1.46. The molecule has 0 spiro atoms. The maximum atomic E-state index is 10.9. The fraction of sp³-hybridized carbons (Fsp3) is 0.0909. The van der Waals surface area contributed by atoms with Gasteiger partial charge < -0.3 is 5.32 Å². The van der Waals surface area contributed by atoms with Gasteiger partial charge in [-0.25, -0.2) is 0 Å². The predicted molar refractivity (Wildman–Crippen MR) is 67.5 cm³/mol. The van der Waals surface area contributed by atoms with Gasteiger partial charge in [0, 0.05) is 5.56 Å². The van der Waals surface area contributed by atoms with Crippen LogP contribution in [0.1, 0.15) is 15.9 Å². The number of carbonyl (C=O) groups is 2. The number of rotatable bonds is 3. The van der Waals surface area contributed by atoms with Crippen molar-refractivity contribution in [3.05, 3.63) is 35.4 Å². The number of nitrogens with one attached hydrogen (secondary N) is 1. The lowest BCUT2D eigenvalue weighted by Crippen LogP contribution is -2.19. The second kappa shape index (κ2) is 5.40. The summed E-state index contributed by atoms with van der Waals surface area (Å²) >= 11 is 1.32. The fourth-order valence-electron chi connectivity index (χ4n) is 1.19. The summed E-state index contributed by atoms with van der Waals surface area (Å²) in [6.45, 7) is 0. The number of nitrogens with zero attached hydrogens (tertiary/aromatic N) is 2. The van der Waals surface area contributed by atoms with E-state index in [9.17, 15) is 9.59 Å². The number of hydrogen-bond donors (Lipinski definition) is 1. The molecule has 1 amide bonds. The van der Waals surface area contributed by atoms with Gasteiger partial charge in [0.15, 0.2) is 5.17 Å². The Bertz CT molecular complexity index is 494. The summed E-state index contributed by atoms with van der Waals surface area (Å²) in [7, 11) is 0. The molecule has 1 aromatic rings. The monoisotopic (exact) mass is 247 g/mol. The molecule has 1 heterocycles. The highest BCUT2D eigenvalue weighted by Gasteiger charge is 2.15. The molecule has 0 bridgehead atoms. The molecule has 0 radical (unpaired) electrons. The van der Waals surface area contributed by atoms with Crippen molar-refractivity contribution in [2.45, 2.75) is 0 Å². The predicted octanol–water partition coefficient (Wildman–Crippen LogP) is 1.05. The quantitative estimate of drug-likeness (QED) is 0.493. The van der Waals surface area contributed by atoms with E-state index in [4.69, 9.17) is 0 Å². The van der Waals surface area contributed by atoms with Crippen molar-refractivity contribution in [1.82, 2.24) is 5.32 Å². The Balaban J connectivity index is 2.00. The Morgan fingerprint density at radius 1 is 1.24 bits per heavy atom. The SMILES string of the molecule is O=Cc1ccc(/C=N/N=C2\NC(=O)CS2)cc1. The molecule has 0 atom stereocenters. The first-order chi connectivity index (χ1) is 8.28. The van der Waals surface area contributed by atoms with E-state index in [-0.39, 0.29) is 5.91 Å². The van der Waals surface area contributed by atoms with Gasteiger partial charge in [0.05, 0.1) is 12.0 Å². The van der Waals surface area contributed by atoms with Crippen LogP contribution < -0.4 is 5.32 Å². The lowest BCUT2D eigenvalue weighted by molar-refractivity contribution is -0.116. The highest BCUT2D eigenvalue weighted by molar-refractivity contribution is 8.15. The highest BCUT2D eigenvalue weighted by atomic mass is 32.2. The van der Waals surface area contributed by atoms with E-state index in [0.717, 1.165) is 11.8 Å². The molecular formula is C11H9N3O2S. The normalized spacial score (nSPS) is 17.6. The molecule has 5 nitrogen and oxygen atoms in total. The second-order valence-corrected chi connectivity index (χ2v) is 4.24. The minimum Gasteiger partial charge on any atom is -0.303 e. The van der Waals surface area contributed by atoms with Gasteiger partial charge in [-0.15, -0.1) is 5.10 Å². The summed E-state index contributed by atoms with van der Waals surface area (Å²) < 4.78 is 0. The second-order valence-electron chi connectivity index (χ2n) is 3.27. The first-order valence-corrected chi connectivity index (χ1v) is 5.85. The van der Waals surface area contributed by atoms with Crippen molar-refractivity contribution in [3.8, 4) is 0 Å². The minimum absolute atomic E-state index is 0.0562. The molecule has 86 valence electrons. The summed E-state index contributed by atoms with van der Waals surface area (Å²) in [6, 6.07) is 6.95. The first kappa shape index (κ1) is 11.5. The van der Waals surface area contributed by atoms with Gasteiger partial charge in [-0.3, -0.25) is 9.59 Å². The number of benzene rings is 1. The third-order valence-corrected chi connectivity index (χ3v) is 2.88. The van der Waals surface area contributed by atoms with Crippen LogP contribution in [0.4, 0.5) is 0 Å². The van der Waals surface area contributed by atoms with Crippen LogP contribution in [-0.2, 0) is 4.79 Å². The largest absolute Gasteiger partial charge is 0.303 e. The molecule has 0 aromatic heterocycles. The Kier molecular flexibility index (Phi) is 3.66. The Morgan fingerprint density at radius 3 is 2.53 bits per heavy atom. The Hall–Kier alpha value is -1.95. The zero-order chi connectivity index (χ0) is 12.1. The number of carbonyl (C=O) groups excluding carboxylic acids is 2. The minimum atomic E-state index is -0.0562. The van der Waals surface area contributed by atoms with E-state index >= 15 is 0 Å². The van der Waals surface area contributed by atoms with Gasteiger partial charge in [-0.1, -0.05) is 36.0 Å². The average molecular weight is 247 g/mol. The summed E-state index contributed by atoms with van der Waals surface area (Å²) in [5, 5.41) is 10.8. The zero-order valence-electron chi connectivity index (χ0n) is 8.79. The van der Waals surface area contributed by atoms with Gasteiger partial charge in [0.25, 0.3) is 0 Å². The standard InChI is InChI=1S/C11H9N3O2S/c15-6-9-3-1-8(2-4-9)5-12-14-11-13-10(16)7-17-11/h1-6H,7H2,(H,13,14,16)/b12-5+. The Labute approximate surface area is 102 Å². The summed E-state index contributed by atoms with van der Waals surface area (Å²) in [4.78, 5) is 21.3. The molecule has 1 aromatic carbocycles. The van der Waals surface area contributed by atoms with Crippen molar-refractivity contribution >= 4 is 35.3 Å². The third-order valence-electron chi connectivity index (χ3n) is 2.01. The average Bonchev–Trinajstić information content (AvgIpc) is 2.76. The van der Waals surface area contributed by atoms with E-state index in [1.165, 1.54) is 11.8 Å². The number of amides is 1. The van der Waals surface area contributed by atoms with Crippen LogP contribution in [0.15, 0.2) is 34.5 Å². The molecule has 1 aliphatic rings. The molecule has 1 N–H and O–H groups in total. The molecule has 2 rings (SSSR count). The molecule has 17 heavy (non-hydrogen) atoms. The van der Waals surface area contributed by atoms with Gasteiger partial charge in [-0.05, 0) is 5.56 Å². The van der Waals surface area contributed by atoms with Crippen molar-refractivity contribution in [2.75, 3.05) is 5.75 Å². The number of aldehydes is 1. The smallest absolute Gasteiger partial charge is 0.236 e. The fourth-order valence-corrected chi connectivity index (χ4v) is 1.82. The van der Waals surface area contributed by atoms with Crippen molar-refractivity contribution < 1.29 is 9.59 Å². The first-order valence-electron chi connectivity index (χ1n) is 4.87. The third kappa shape index (κ3) is 3.25. The van der Waals surface area contributed by atoms with E-state index < -0.39 is 0 Å². The molecule has 1 fully saturated rings. The zero-order valence-corrected chi connectivity index (χ0v) is 9.61. The lowest BCUT2D eigenvalue weighted by atomic mass is 10.2. The van der Waals surface area contributed by atoms with Crippen LogP contribution in [-0.4, -0.2) is 29.3 Å². The molecule has 1 saturated heterocycles. The lowest BCUT2D eigenvalue weighted by Gasteiger charge is -1.92. The highest BCUT2D eigenvalue weighted by Crippen LogP contribution is 2.08. The topological polar surface area (TPSA) is 70.9 Å². The van der Waals surface area contributed by atoms with E-state index in [1.807, 2.05) is 0 Å². The van der Waals surface area contributed by atoms with E-state index in [1.54, 1.807) is 30.5 Å². The van der Waals surface area contributed by atoms with Crippen LogP contribution >= 0.6 is 11.8 Å². The maximum absolute atomic E-state index is 10.9. The van der Waals surface area contributed by atoms with Gasteiger partial charge in [0.1, 0.15) is 6.29 Å². The van der Waals surface area contributed by atoms with Crippen LogP contribution in [0.3, 0.4) is 0 Å². The number of hydrogen-bond acceptors (Lipinski definition) is 5. The van der Waals surface area contributed by atoms with Crippen LogP contribution in [0.2, 0.25) is 0 Å².